The third kappa shape index (κ3) is 3.59. The maximum absolute atomic E-state index is 12.3. The maximum atomic E-state index is 12.3. The molecule has 4 rings (SSSR count). The van der Waals surface area contributed by atoms with Crippen molar-refractivity contribution < 1.29 is 4.79 Å². The summed E-state index contributed by atoms with van der Waals surface area (Å²) in [5.74, 6) is 1.03. The van der Waals surface area contributed by atoms with Gasteiger partial charge < -0.3 is 10.6 Å². The van der Waals surface area contributed by atoms with Gasteiger partial charge in [0.1, 0.15) is 11.5 Å². The van der Waals surface area contributed by atoms with Crippen LogP contribution >= 0.6 is 11.3 Å². The standard InChI is InChI=1S/C17H18N6OS/c24-17(14-7-6-13(25-14)11-5-3-9-18-11)20-10-15-21-16(23-22-15)12-4-1-2-8-19-12/h1-2,4,6-8,11,18H,3,5,9-10H2,(H,20,24)(H,21,22,23). The van der Waals surface area contributed by atoms with Crippen LogP contribution in [0.5, 0.6) is 0 Å². The third-order valence-electron chi connectivity index (χ3n) is 4.10. The predicted octanol–water partition coefficient (Wildman–Crippen LogP) is 2.28. The molecule has 1 atom stereocenters. The van der Waals surface area contributed by atoms with E-state index in [2.05, 4.69) is 30.8 Å². The van der Waals surface area contributed by atoms with Crippen molar-refractivity contribution in [2.75, 3.05) is 6.54 Å². The van der Waals surface area contributed by atoms with Gasteiger partial charge in [0.15, 0.2) is 5.82 Å². The van der Waals surface area contributed by atoms with Gasteiger partial charge in [-0.2, -0.15) is 5.10 Å². The first-order valence-electron chi connectivity index (χ1n) is 8.23. The highest BCUT2D eigenvalue weighted by Gasteiger charge is 2.19. The zero-order chi connectivity index (χ0) is 17.1. The van der Waals surface area contributed by atoms with Crippen LogP contribution in [0.15, 0.2) is 36.5 Å². The molecule has 3 N–H and O–H groups in total. The molecule has 0 spiro atoms. The molecule has 1 aliphatic heterocycles. The highest BCUT2D eigenvalue weighted by molar-refractivity contribution is 7.14. The molecule has 1 aliphatic rings. The van der Waals surface area contributed by atoms with Crippen LogP contribution in [0, 0.1) is 0 Å². The quantitative estimate of drug-likeness (QED) is 0.653. The van der Waals surface area contributed by atoms with Crippen molar-refractivity contribution in [3.8, 4) is 11.5 Å². The number of amides is 1. The first-order valence-corrected chi connectivity index (χ1v) is 9.05. The van der Waals surface area contributed by atoms with Crippen molar-refractivity contribution in [3.63, 3.8) is 0 Å². The maximum Gasteiger partial charge on any atom is 0.261 e. The molecular formula is C17H18N6OS. The van der Waals surface area contributed by atoms with E-state index >= 15 is 0 Å². The molecule has 1 fully saturated rings. The van der Waals surface area contributed by atoms with Gasteiger partial charge >= 0.3 is 0 Å². The van der Waals surface area contributed by atoms with Crippen molar-refractivity contribution in [2.24, 2.45) is 0 Å². The molecule has 128 valence electrons. The van der Waals surface area contributed by atoms with Gasteiger partial charge in [-0.1, -0.05) is 6.07 Å². The average molecular weight is 354 g/mol. The first kappa shape index (κ1) is 15.9. The van der Waals surface area contributed by atoms with Crippen LogP contribution in [0.2, 0.25) is 0 Å². The SMILES string of the molecule is O=C(NCc1nc(-c2ccccn2)n[nH]1)c1ccc(C2CCCN2)s1. The number of nitrogens with zero attached hydrogens (tertiary/aromatic N) is 3. The molecule has 0 aliphatic carbocycles. The molecule has 0 radical (unpaired) electrons. The summed E-state index contributed by atoms with van der Waals surface area (Å²) in [6, 6.07) is 9.88. The van der Waals surface area contributed by atoms with Crippen LogP contribution in [-0.2, 0) is 6.54 Å². The predicted molar refractivity (Wildman–Crippen MR) is 95.1 cm³/mol. The fourth-order valence-electron chi connectivity index (χ4n) is 2.82. The van der Waals surface area contributed by atoms with Crippen LogP contribution in [0.1, 0.15) is 39.3 Å². The van der Waals surface area contributed by atoms with Gasteiger partial charge in [0.2, 0.25) is 0 Å². The molecule has 0 saturated carbocycles. The topological polar surface area (TPSA) is 95.6 Å². The number of hydrogen-bond acceptors (Lipinski definition) is 6. The Kier molecular flexibility index (Phi) is 4.53. The van der Waals surface area contributed by atoms with E-state index in [9.17, 15) is 4.79 Å². The molecular weight excluding hydrogens is 336 g/mol. The molecule has 4 heterocycles. The lowest BCUT2D eigenvalue weighted by molar-refractivity contribution is 0.0954. The molecule has 8 heteroatoms. The van der Waals surface area contributed by atoms with E-state index < -0.39 is 0 Å². The van der Waals surface area contributed by atoms with Gasteiger partial charge in [0.05, 0.1) is 11.4 Å². The number of aromatic nitrogens is 4. The minimum absolute atomic E-state index is 0.0926. The van der Waals surface area contributed by atoms with Crippen LogP contribution in [-0.4, -0.2) is 32.6 Å². The summed E-state index contributed by atoms with van der Waals surface area (Å²) in [7, 11) is 0. The number of rotatable bonds is 5. The number of pyridine rings is 1. The summed E-state index contributed by atoms with van der Waals surface area (Å²) >= 11 is 1.54. The van der Waals surface area contributed by atoms with E-state index in [4.69, 9.17) is 0 Å². The molecule has 1 saturated heterocycles. The second-order valence-corrected chi connectivity index (χ2v) is 6.97. The lowest BCUT2D eigenvalue weighted by Gasteiger charge is -2.06. The molecule has 1 unspecified atom stereocenters. The van der Waals surface area contributed by atoms with Crippen molar-refractivity contribution in [1.29, 1.82) is 0 Å². The fraction of sp³-hybridized carbons (Fsp3) is 0.294. The first-order chi connectivity index (χ1) is 12.3. The normalized spacial score (nSPS) is 16.9. The zero-order valence-electron chi connectivity index (χ0n) is 13.5. The van der Waals surface area contributed by atoms with E-state index in [0.29, 0.717) is 34.8 Å². The summed E-state index contributed by atoms with van der Waals surface area (Å²) in [6.45, 7) is 1.35. The summed E-state index contributed by atoms with van der Waals surface area (Å²) in [6.07, 6.45) is 4.02. The van der Waals surface area contributed by atoms with Gasteiger partial charge in [-0.05, 0) is 43.7 Å². The second kappa shape index (κ2) is 7.12. The van der Waals surface area contributed by atoms with Crippen molar-refractivity contribution in [2.45, 2.75) is 25.4 Å². The number of aromatic amines is 1. The van der Waals surface area contributed by atoms with Crippen LogP contribution < -0.4 is 10.6 Å². The molecule has 0 bridgehead atoms. The Labute approximate surface area is 148 Å². The largest absolute Gasteiger partial charge is 0.344 e. The van der Waals surface area contributed by atoms with E-state index in [0.717, 1.165) is 13.0 Å². The summed E-state index contributed by atoms with van der Waals surface area (Å²) in [4.78, 5) is 22.8. The third-order valence-corrected chi connectivity index (χ3v) is 5.29. The Morgan fingerprint density at radius 2 is 2.28 bits per heavy atom. The molecule has 3 aromatic rings. The zero-order valence-corrected chi connectivity index (χ0v) is 14.3. The summed E-state index contributed by atoms with van der Waals surface area (Å²) < 4.78 is 0. The molecule has 7 nitrogen and oxygen atoms in total. The summed E-state index contributed by atoms with van der Waals surface area (Å²) in [5, 5.41) is 13.3. The van der Waals surface area contributed by atoms with Gasteiger partial charge in [0, 0.05) is 17.1 Å². The highest BCUT2D eigenvalue weighted by atomic mass is 32.1. The number of hydrogen-bond donors (Lipinski definition) is 3. The van der Waals surface area contributed by atoms with Crippen LogP contribution in [0.25, 0.3) is 11.5 Å². The Hall–Kier alpha value is -2.58. The lowest BCUT2D eigenvalue weighted by Crippen LogP contribution is -2.22. The number of carbonyl (C=O) groups is 1. The highest BCUT2D eigenvalue weighted by Crippen LogP contribution is 2.29. The van der Waals surface area contributed by atoms with Crippen molar-refractivity contribution in [1.82, 2.24) is 30.8 Å². The number of nitrogens with one attached hydrogen (secondary N) is 3. The summed E-state index contributed by atoms with van der Waals surface area (Å²) in [5.41, 5.74) is 0.697. The van der Waals surface area contributed by atoms with Crippen LogP contribution in [0.3, 0.4) is 0 Å². The smallest absolute Gasteiger partial charge is 0.261 e. The Morgan fingerprint density at radius 3 is 3.08 bits per heavy atom. The minimum Gasteiger partial charge on any atom is -0.344 e. The molecule has 3 aromatic heterocycles. The van der Waals surface area contributed by atoms with E-state index in [1.54, 1.807) is 17.5 Å². The van der Waals surface area contributed by atoms with Gasteiger partial charge in [0.25, 0.3) is 5.91 Å². The van der Waals surface area contributed by atoms with E-state index in [1.807, 2.05) is 30.3 Å². The Morgan fingerprint density at radius 1 is 1.32 bits per heavy atom. The van der Waals surface area contributed by atoms with Gasteiger partial charge in [-0.25, -0.2) is 4.98 Å². The number of thiophene rings is 1. The number of H-pyrrole nitrogens is 1. The Bertz CT molecular complexity index is 853. The van der Waals surface area contributed by atoms with Gasteiger partial charge in [-0.3, -0.25) is 14.9 Å². The molecule has 0 aromatic carbocycles. The average Bonchev–Trinajstić information content (AvgIpc) is 3.41. The minimum atomic E-state index is -0.0926. The lowest BCUT2D eigenvalue weighted by atomic mass is 10.2. The molecule has 1 amide bonds. The number of carbonyl (C=O) groups excluding carboxylic acids is 1. The van der Waals surface area contributed by atoms with Crippen LogP contribution in [0.4, 0.5) is 0 Å². The van der Waals surface area contributed by atoms with Crippen molar-refractivity contribution >= 4 is 17.2 Å². The van der Waals surface area contributed by atoms with Crippen molar-refractivity contribution in [3.05, 3.63) is 52.1 Å². The molecule has 25 heavy (non-hydrogen) atoms. The van der Waals surface area contributed by atoms with E-state index in [1.165, 1.54) is 11.3 Å². The van der Waals surface area contributed by atoms with Gasteiger partial charge in [-0.15, -0.1) is 11.3 Å². The second-order valence-electron chi connectivity index (χ2n) is 5.85. The fourth-order valence-corrected chi connectivity index (χ4v) is 3.86. The Balaban J connectivity index is 1.37. The monoisotopic (exact) mass is 354 g/mol. The van der Waals surface area contributed by atoms with E-state index in [-0.39, 0.29) is 5.91 Å².